The number of aromatic amines is 1. The molecule has 0 unspecified atom stereocenters. The molecule has 0 aliphatic carbocycles. The summed E-state index contributed by atoms with van der Waals surface area (Å²) in [6, 6.07) is 16.3. The van der Waals surface area contributed by atoms with Crippen molar-refractivity contribution in [2.24, 2.45) is 10.8 Å². The van der Waals surface area contributed by atoms with Crippen LogP contribution in [-0.4, -0.2) is 16.0 Å². The number of hydrogen-bond acceptors (Lipinski definition) is 4. The predicted octanol–water partition coefficient (Wildman–Crippen LogP) is 2.46. The Bertz CT molecular complexity index is 1090. The summed E-state index contributed by atoms with van der Waals surface area (Å²) in [5.41, 5.74) is 10.5. The molecular weight excluding hydrogens is 306 g/mol. The number of urea groups is 1. The van der Waals surface area contributed by atoms with Gasteiger partial charge in [0.2, 0.25) is 5.55 Å². The van der Waals surface area contributed by atoms with E-state index in [1.807, 2.05) is 54.6 Å². The molecule has 4 aromatic rings. The zero-order valence-corrected chi connectivity index (χ0v) is 12.5. The van der Waals surface area contributed by atoms with Gasteiger partial charge in [-0.3, -0.25) is 0 Å². The monoisotopic (exact) mass is 319 g/mol. The third-order valence-corrected chi connectivity index (χ3v) is 3.57. The van der Waals surface area contributed by atoms with Gasteiger partial charge in [0.15, 0.2) is 0 Å². The lowest BCUT2D eigenvalue weighted by molar-refractivity contribution is 0.248. The molecule has 0 aliphatic rings. The van der Waals surface area contributed by atoms with Crippen LogP contribution in [-0.2, 0) is 0 Å². The number of rotatable bonds is 2. The van der Waals surface area contributed by atoms with Crippen molar-refractivity contribution >= 4 is 28.0 Å². The van der Waals surface area contributed by atoms with Crippen molar-refractivity contribution in [1.82, 2.24) is 15.4 Å². The average molecular weight is 319 g/mol. The number of carbonyl (C=O) groups is 1. The van der Waals surface area contributed by atoms with Crippen LogP contribution in [0.5, 0.6) is 0 Å². The smallest absolute Gasteiger partial charge is 0.332 e. The van der Waals surface area contributed by atoms with Crippen molar-refractivity contribution < 1.29 is 9.21 Å². The number of primary amides is 1. The Balaban J connectivity index is 1.99. The van der Waals surface area contributed by atoms with E-state index in [0.717, 1.165) is 16.4 Å². The molecule has 4 N–H and O–H groups in total. The molecular formula is C17H13N5O2. The van der Waals surface area contributed by atoms with E-state index in [4.69, 9.17) is 10.2 Å². The fraction of sp³-hybridized carbons (Fsp3) is 0. The molecule has 0 spiro atoms. The molecule has 7 nitrogen and oxygen atoms in total. The number of H-pyrrole nitrogens is 1. The molecule has 24 heavy (non-hydrogen) atoms. The van der Waals surface area contributed by atoms with Crippen LogP contribution < -0.4 is 16.7 Å². The third kappa shape index (κ3) is 2.48. The van der Waals surface area contributed by atoms with E-state index in [9.17, 15) is 4.79 Å². The summed E-state index contributed by atoms with van der Waals surface area (Å²) in [6.45, 7) is 0. The molecule has 0 atom stereocenters. The highest BCUT2D eigenvalue weighted by molar-refractivity contribution is 5.83. The number of benzene rings is 2. The van der Waals surface area contributed by atoms with Crippen molar-refractivity contribution in [1.29, 1.82) is 0 Å². The largest absolute Gasteiger partial charge is 0.436 e. The number of hydrogen-bond donors (Lipinski definition) is 3. The number of nitrogens with zero attached hydrogens (tertiary/aromatic N) is 2. The molecule has 2 aromatic heterocycles. The Morgan fingerprint density at radius 2 is 1.96 bits per heavy atom. The van der Waals surface area contributed by atoms with Gasteiger partial charge in [-0.15, -0.1) is 5.10 Å². The maximum atomic E-state index is 11.0. The fourth-order valence-corrected chi connectivity index (χ4v) is 2.51. The number of imidazole rings is 1. The number of para-hydroxylation sites is 3. The standard InChI is InChI=1S/C17H13N5O2/c18-17(23)22-21-16-11(9-10-5-1-4-8-14(10)24-16)15-19-12-6-2-3-7-13(12)20-15/h1-9H,(H,19,20)(H3,18,22,23)/b21-16+. The molecule has 118 valence electrons. The number of nitrogens with two attached hydrogens (primary N) is 1. The molecule has 2 aromatic carbocycles. The first-order valence-electron chi connectivity index (χ1n) is 7.28. The Hall–Kier alpha value is -3.61. The summed E-state index contributed by atoms with van der Waals surface area (Å²) in [6.07, 6.45) is 0. The second-order valence-electron chi connectivity index (χ2n) is 5.19. The summed E-state index contributed by atoms with van der Waals surface area (Å²) in [5, 5.41) is 4.85. The van der Waals surface area contributed by atoms with Crippen molar-refractivity contribution in [3.63, 3.8) is 0 Å². The Morgan fingerprint density at radius 3 is 2.79 bits per heavy atom. The van der Waals surface area contributed by atoms with Gasteiger partial charge in [0, 0.05) is 5.39 Å². The Kier molecular flexibility index (Phi) is 3.24. The van der Waals surface area contributed by atoms with Crippen molar-refractivity contribution in [2.45, 2.75) is 0 Å². The van der Waals surface area contributed by atoms with Gasteiger partial charge in [0.05, 0.1) is 16.6 Å². The molecule has 0 bridgehead atoms. The summed E-state index contributed by atoms with van der Waals surface area (Å²) in [4.78, 5) is 18.8. The van der Waals surface area contributed by atoms with Gasteiger partial charge >= 0.3 is 6.03 Å². The molecule has 0 radical (unpaired) electrons. The topological polar surface area (TPSA) is 109 Å². The van der Waals surface area contributed by atoms with E-state index in [0.29, 0.717) is 17.0 Å². The molecule has 2 amide bonds. The Labute approximate surface area is 135 Å². The maximum Gasteiger partial charge on any atom is 0.332 e. The van der Waals surface area contributed by atoms with Gasteiger partial charge < -0.3 is 15.1 Å². The highest BCUT2D eigenvalue weighted by Crippen LogP contribution is 2.21. The van der Waals surface area contributed by atoms with Gasteiger partial charge in [0.1, 0.15) is 11.4 Å². The fourth-order valence-electron chi connectivity index (χ4n) is 2.51. The second kappa shape index (κ2) is 5.54. The lowest BCUT2D eigenvalue weighted by Gasteiger charge is -2.02. The third-order valence-electron chi connectivity index (χ3n) is 3.57. The van der Waals surface area contributed by atoms with E-state index in [1.54, 1.807) is 0 Å². The molecule has 0 saturated carbocycles. The summed E-state index contributed by atoms with van der Waals surface area (Å²) >= 11 is 0. The first kappa shape index (κ1) is 14.0. The van der Waals surface area contributed by atoms with Crippen molar-refractivity contribution in [2.75, 3.05) is 0 Å². The normalized spacial score (nSPS) is 11.9. The van der Waals surface area contributed by atoms with Crippen LogP contribution in [0.15, 0.2) is 64.1 Å². The highest BCUT2D eigenvalue weighted by atomic mass is 16.3. The highest BCUT2D eigenvalue weighted by Gasteiger charge is 2.11. The van der Waals surface area contributed by atoms with Gasteiger partial charge in [-0.1, -0.05) is 30.3 Å². The predicted molar refractivity (Wildman–Crippen MR) is 89.6 cm³/mol. The zero-order chi connectivity index (χ0) is 16.5. The molecule has 0 saturated heterocycles. The molecule has 4 rings (SSSR count). The number of amides is 2. The minimum Gasteiger partial charge on any atom is -0.436 e. The lowest BCUT2D eigenvalue weighted by atomic mass is 10.2. The molecule has 7 heteroatoms. The first-order valence-corrected chi connectivity index (χ1v) is 7.28. The van der Waals surface area contributed by atoms with Crippen LogP contribution in [0.4, 0.5) is 4.79 Å². The number of nitrogens with one attached hydrogen (secondary N) is 2. The summed E-state index contributed by atoms with van der Waals surface area (Å²) < 4.78 is 5.80. The molecule has 0 aliphatic heterocycles. The number of fused-ring (bicyclic) bond motifs is 2. The van der Waals surface area contributed by atoms with E-state index in [-0.39, 0.29) is 5.55 Å². The van der Waals surface area contributed by atoms with Gasteiger partial charge in [-0.05, 0) is 24.3 Å². The van der Waals surface area contributed by atoms with Crippen LogP contribution in [0.3, 0.4) is 0 Å². The lowest BCUT2D eigenvalue weighted by Crippen LogP contribution is -2.27. The van der Waals surface area contributed by atoms with Crippen molar-refractivity contribution in [3.05, 3.63) is 60.2 Å². The molecule has 0 fully saturated rings. The van der Waals surface area contributed by atoms with E-state index in [2.05, 4.69) is 20.5 Å². The van der Waals surface area contributed by atoms with Gasteiger partial charge in [-0.25, -0.2) is 15.2 Å². The summed E-state index contributed by atoms with van der Waals surface area (Å²) in [5.74, 6) is 0.593. The SMILES string of the molecule is NC(=O)N/N=c1/oc2ccccc2cc1-c1nc2ccccc2[nH]1. The number of carbonyl (C=O) groups excluding carboxylic acids is 1. The first-order chi connectivity index (χ1) is 11.7. The molecule has 2 heterocycles. The second-order valence-corrected chi connectivity index (χ2v) is 5.19. The van der Waals surface area contributed by atoms with Gasteiger partial charge in [0.25, 0.3) is 0 Å². The van der Waals surface area contributed by atoms with Gasteiger partial charge in [-0.2, -0.15) is 0 Å². The minimum absolute atomic E-state index is 0.214. The van der Waals surface area contributed by atoms with Crippen molar-refractivity contribution in [3.8, 4) is 11.4 Å². The quantitative estimate of drug-likeness (QED) is 0.494. The minimum atomic E-state index is -0.770. The summed E-state index contributed by atoms with van der Waals surface area (Å²) in [7, 11) is 0. The number of aromatic nitrogens is 2. The Morgan fingerprint density at radius 1 is 1.17 bits per heavy atom. The van der Waals surface area contributed by atoms with E-state index in [1.165, 1.54) is 0 Å². The average Bonchev–Trinajstić information content (AvgIpc) is 3.03. The van der Waals surface area contributed by atoms with Crippen LogP contribution in [0.25, 0.3) is 33.4 Å². The zero-order valence-electron chi connectivity index (χ0n) is 12.5. The van der Waals surface area contributed by atoms with Crippen LogP contribution in [0, 0.1) is 0 Å². The van der Waals surface area contributed by atoms with Crippen LogP contribution in [0.1, 0.15) is 0 Å². The maximum absolute atomic E-state index is 11.0. The van der Waals surface area contributed by atoms with E-state index < -0.39 is 6.03 Å². The van der Waals surface area contributed by atoms with Crippen LogP contribution in [0.2, 0.25) is 0 Å². The van der Waals surface area contributed by atoms with Crippen LogP contribution >= 0.6 is 0 Å². The van der Waals surface area contributed by atoms with E-state index >= 15 is 0 Å².